The van der Waals surface area contributed by atoms with Crippen molar-refractivity contribution in [2.24, 2.45) is 0 Å². The maximum atomic E-state index is 12.3. The molecule has 1 aromatic carbocycles. The first-order chi connectivity index (χ1) is 9.34. The van der Waals surface area contributed by atoms with Crippen LogP contribution in [0.25, 0.3) is 0 Å². The third kappa shape index (κ3) is 2.81. The molecule has 1 fully saturated rings. The van der Waals surface area contributed by atoms with Crippen molar-refractivity contribution in [3.8, 4) is 0 Å². The van der Waals surface area contributed by atoms with E-state index < -0.39 is 0 Å². The summed E-state index contributed by atoms with van der Waals surface area (Å²) in [5.74, 6) is 0.296. The smallest absolute Gasteiger partial charge is 0.227 e. The highest BCUT2D eigenvalue weighted by atomic mass is 16.2. The summed E-state index contributed by atoms with van der Waals surface area (Å²) < 4.78 is 0. The predicted molar refractivity (Wildman–Crippen MR) is 77.4 cm³/mol. The summed E-state index contributed by atoms with van der Waals surface area (Å²) in [7, 11) is 0. The lowest BCUT2D eigenvalue weighted by Crippen LogP contribution is -2.37. The molecule has 0 bridgehead atoms. The van der Waals surface area contributed by atoms with Gasteiger partial charge in [0.1, 0.15) is 0 Å². The van der Waals surface area contributed by atoms with Crippen molar-refractivity contribution < 1.29 is 4.79 Å². The zero-order chi connectivity index (χ0) is 13.1. The Morgan fingerprint density at radius 3 is 2.58 bits per heavy atom. The van der Waals surface area contributed by atoms with E-state index in [0.717, 1.165) is 31.6 Å². The molecule has 1 saturated heterocycles. The minimum absolute atomic E-state index is 0.296. The highest BCUT2D eigenvalue weighted by Gasteiger charge is 2.22. The van der Waals surface area contributed by atoms with E-state index in [1.807, 2.05) is 11.0 Å². The molecule has 0 saturated carbocycles. The number of anilines is 1. The van der Waals surface area contributed by atoms with E-state index in [1.54, 1.807) is 0 Å². The molecular formula is C16H22N2O. The van der Waals surface area contributed by atoms with Crippen LogP contribution in [0.4, 0.5) is 5.69 Å². The predicted octanol–water partition coefficient (Wildman–Crippen LogP) is 2.45. The highest BCUT2D eigenvalue weighted by Crippen LogP contribution is 2.26. The number of rotatable bonds is 3. The number of aryl methyl sites for hydroxylation is 1. The van der Waals surface area contributed by atoms with Gasteiger partial charge in [-0.2, -0.15) is 0 Å². The van der Waals surface area contributed by atoms with Crippen LogP contribution in [-0.2, 0) is 11.2 Å². The van der Waals surface area contributed by atoms with Crippen LogP contribution >= 0.6 is 0 Å². The van der Waals surface area contributed by atoms with Gasteiger partial charge < -0.3 is 9.80 Å². The monoisotopic (exact) mass is 258 g/mol. The normalized spacial score (nSPS) is 20.4. The molecule has 0 atom stereocenters. The van der Waals surface area contributed by atoms with E-state index in [1.165, 1.54) is 31.5 Å². The number of carbonyl (C=O) groups excluding carboxylic acids is 1. The van der Waals surface area contributed by atoms with Gasteiger partial charge in [-0.25, -0.2) is 0 Å². The lowest BCUT2D eigenvalue weighted by molar-refractivity contribution is -0.118. The molecule has 0 spiro atoms. The van der Waals surface area contributed by atoms with Crippen molar-refractivity contribution in [1.82, 2.24) is 4.90 Å². The molecule has 2 aliphatic rings. The van der Waals surface area contributed by atoms with Crippen LogP contribution in [0.15, 0.2) is 24.3 Å². The minimum Gasteiger partial charge on any atom is -0.311 e. The van der Waals surface area contributed by atoms with Crippen LogP contribution in [0, 0.1) is 0 Å². The highest BCUT2D eigenvalue weighted by molar-refractivity contribution is 5.94. The zero-order valence-corrected chi connectivity index (χ0v) is 11.5. The third-order valence-electron chi connectivity index (χ3n) is 4.26. The van der Waals surface area contributed by atoms with Crippen molar-refractivity contribution >= 4 is 11.6 Å². The Balaban J connectivity index is 1.75. The van der Waals surface area contributed by atoms with Crippen LogP contribution in [0.3, 0.4) is 0 Å². The average Bonchev–Trinajstić information content (AvgIpc) is 2.88. The summed E-state index contributed by atoms with van der Waals surface area (Å²) >= 11 is 0. The number of carbonyl (C=O) groups is 1. The Kier molecular flexibility index (Phi) is 3.83. The zero-order valence-electron chi connectivity index (χ0n) is 11.5. The first-order valence-corrected chi connectivity index (χ1v) is 7.45. The van der Waals surface area contributed by atoms with Crippen molar-refractivity contribution in [1.29, 1.82) is 0 Å². The van der Waals surface area contributed by atoms with Gasteiger partial charge in [0.25, 0.3) is 0 Å². The molecule has 1 aromatic rings. The fourth-order valence-corrected chi connectivity index (χ4v) is 3.18. The Morgan fingerprint density at radius 2 is 1.74 bits per heavy atom. The Hall–Kier alpha value is -1.35. The lowest BCUT2D eigenvalue weighted by atomic mass is 10.1. The number of likely N-dealkylation sites (tertiary alicyclic amines) is 1. The number of benzene rings is 1. The third-order valence-corrected chi connectivity index (χ3v) is 4.26. The molecule has 1 amide bonds. The van der Waals surface area contributed by atoms with E-state index in [9.17, 15) is 4.79 Å². The Bertz CT molecular complexity index is 452. The quantitative estimate of drug-likeness (QED) is 0.831. The van der Waals surface area contributed by atoms with E-state index in [0.29, 0.717) is 12.3 Å². The molecular weight excluding hydrogens is 236 g/mol. The summed E-state index contributed by atoms with van der Waals surface area (Å²) in [4.78, 5) is 16.8. The van der Waals surface area contributed by atoms with Crippen molar-refractivity contribution in [2.75, 3.05) is 31.1 Å². The van der Waals surface area contributed by atoms with Crippen LogP contribution in [0.5, 0.6) is 0 Å². The molecule has 0 unspecified atom stereocenters. The van der Waals surface area contributed by atoms with Crippen molar-refractivity contribution in [3.63, 3.8) is 0 Å². The molecule has 0 aliphatic carbocycles. The van der Waals surface area contributed by atoms with Gasteiger partial charge in [-0.3, -0.25) is 4.79 Å². The van der Waals surface area contributed by atoms with Gasteiger partial charge >= 0.3 is 0 Å². The van der Waals surface area contributed by atoms with Gasteiger partial charge in [0.15, 0.2) is 0 Å². The molecule has 2 heterocycles. The molecule has 102 valence electrons. The van der Waals surface area contributed by atoms with E-state index in [-0.39, 0.29) is 0 Å². The molecule has 0 aromatic heterocycles. The van der Waals surface area contributed by atoms with Crippen molar-refractivity contribution in [3.05, 3.63) is 29.8 Å². The minimum atomic E-state index is 0.296. The number of hydrogen-bond acceptors (Lipinski definition) is 2. The fraction of sp³-hybridized carbons (Fsp3) is 0.562. The molecule has 3 rings (SSSR count). The Morgan fingerprint density at radius 1 is 0.947 bits per heavy atom. The van der Waals surface area contributed by atoms with Gasteiger partial charge in [0.05, 0.1) is 0 Å². The van der Waals surface area contributed by atoms with Crippen LogP contribution < -0.4 is 4.90 Å². The van der Waals surface area contributed by atoms with Gasteiger partial charge in [-0.05, 0) is 50.4 Å². The van der Waals surface area contributed by atoms with Crippen molar-refractivity contribution in [2.45, 2.75) is 32.1 Å². The number of nitrogens with zero attached hydrogens (tertiary/aromatic N) is 2. The molecule has 0 radical (unpaired) electrons. The second-order valence-electron chi connectivity index (χ2n) is 5.58. The number of hydrogen-bond donors (Lipinski definition) is 0. The molecule has 19 heavy (non-hydrogen) atoms. The number of fused-ring (bicyclic) bond motifs is 1. The van der Waals surface area contributed by atoms with Gasteiger partial charge in [0, 0.05) is 25.2 Å². The molecule has 3 heteroatoms. The maximum Gasteiger partial charge on any atom is 0.227 e. The molecule has 0 N–H and O–H groups in total. The van der Waals surface area contributed by atoms with Gasteiger partial charge in [-0.1, -0.05) is 18.2 Å². The summed E-state index contributed by atoms with van der Waals surface area (Å²) in [6.07, 6.45) is 5.32. The SMILES string of the molecule is O=C1CCCc2ccccc2N1CCN1CCCC1. The second-order valence-corrected chi connectivity index (χ2v) is 5.58. The fourth-order valence-electron chi connectivity index (χ4n) is 3.18. The van der Waals surface area contributed by atoms with Crippen LogP contribution in [-0.4, -0.2) is 37.0 Å². The van der Waals surface area contributed by atoms with Crippen LogP contribution in [0.2, 0.25) is 0 Å². The van der Waals surface area contributed by atoms with E-state index in [4.69, 9.17) is 0 Å². The Labute approximate surface area is 115 Å². The van der Waals surface area contributed by atoms with E-state index >= 15 is 0 Å². The van der Waals surface area contributed by atoms with Crippen LogP contribution in [0.1, 0.15) is 31.2 Å². The standard InChI is InChI=1S/C16H22N2O/c19-16-9-5-7-14-6-1-2-8-15(14)18(16)13-12-17-10-3-4-11-17/h1-2,6,8H,3-5,7,9-13H2. The second kappa shape index (κ2) is 5.74. The first-order valence-electron chi connectivity index (χ1n) is 7.45. The first kappa shape index (κ1) is 12.7. The molecule has 3 nitrogen and oxygen atoms in total. The summed E-state index contributed by atoms with van der Waals surface area (Å²) in [6, 6.07) is 8.38. The maximum absolute atomic E-state index is 12.3. The topological polar surface area (TPSA) is 23.6 Å². The number of para-hydroxylation sites is 1. The lowest BCUT2D eigenvalue weighted by Gasteiger charge is -2.25. The van der Waals surface area contributed by atoms with Gasteiger partial charge in [0.2, 0.25) is 5.91 Å². The average molecular weight is 258 g/mol. The largest absolute Gasteiger partial charge is 0.311 e. The summed E-state index contributed by atoms with van der Waals surface area (Å²) in [5.41, 5.74) is 2.47. The summed E-state index contributed by atoms with van der Waals surface area (Å²) in [6.45, 7) is 4.25. The van der Waals surface area contributed by atoms with Gasteiger partial charge in [-0.15, -0.1) is 0 Å². The number of amides is 1. The molecule has 2 aliphatic heterocycles. The summed E-state index contributed by atoms with van der Waals surface area (Å²) in [5, 5.41) is 0. The van der Waals surface area contributed by atoms with E-state index in [2.05, 4.69) is 23.1 Å².